The summed E-state index contributed by atoms with van der Waals surface area (Å²) in [6.45, 7) is 14.3. The Morgan fingerprint density at radius 2 is 1.00 bits per heavy atom. The minimum absolute atomic E-state index is 0.00323. The Bertz CT molecular complexity index is 2850. The molecule has 4 aliphatic rings. The van der Waals surface area contributed by atoms with Crippen molar-refractivity contribution in [2.24, 2.45) is 5.41 Å². The van der Waals surface area contributed by atoms with E-state index in [1.165, 1.54) is 95.0 Å². The van der Waals surface area contributed by atoms with E-state index >= 15 is 0 Å². The quantitative estimate of drug-likeness (QED) is 0.173. The number of nitrogens with zero attached hydrogens (tertiary/aromatic N) is 1. The van der Waals surface area contributed by atoms with Gasteiger partial charge in [-0.25, -0.2) is 0 Å². The lowest BCUT2D eigenvalue weighted by atomic mass is 9.56. The van der Waals surface area contributed by atoms with E-state index in [9.17, 15) is 0 Å². The molecule has 0 radical (unpaired) electrons. The monoisotopic (exact) mass is 747 g/mol. The Hall–Kier alpha value is -6.18. The molecule has 0 amide bonds. The zero-order chi connectivity index (χ0) is 39.6. The summed E-state index contributed by atoms with van der Waals surface area (Å²) in [7, 11) is 0. The topological polar surface area (TPSA) is 3.24 Å². The van der Waals surface area contributed by atoms with Gasteiger partial charge in [-0.3, -0.25) is 0 Å². The first kappa shape index (κ1) is 35.0. The minimum Gasteiger partial charge on any atom is -0.314 e. The highest BCUT2D eigenvalue weighted by Crippen LogP contribution is 2.72. The van der Waals surface area contributed by atoms with Crippen molar-refractivity contribution in [2.45, 2.75) is 64.2 Å². The zero-order valence-electron chi connectivity index (χ0n) is 34.4. The van der Waals surface area contributed by atoms with Crippen LogP contribution in [0.5, 0.6) is 0 Å². The summed E-state index contributed by atoms with van der Waals surface area (Å²) in [4.78, 5) is 2.62. The predicted octanol–water partition coefficient (Wildman–Crippen LogP) is 14.8. The third-order valence-electron chi connectivity index (χ3n) is 14.3. The standard InChI is InChI=1S/C57H49N/c1-54(2,3)38-28-33-53(46(34-38)37-18-8-7-9-19-37)58(39-29-31-44-41-20-10-14-24-47(41)55(4,5)52(44)35-39)40-30-32-48-45-23-13-17-27-51(45)57(56(48,6)36-40)49-25-15-11-21-42(49)43-22-12-16-26-50(43)57/h7-35H,36H2,1-6H3. The molecular weight excluding hydrogens is 699 g/mol. The van der Waals surface area contributed by atoms with Crippen molar-refractivity contribution in [1.82, 2.24) is 0 Å². The molecule has 1 spiro atoms. The van der Waals surface area contributed by atoms with E-state index in [1.807, 2.05) is 0 Å². The van der Waals surface area contributed by atoms with Crippen molar-refractivity contribution in [2.75, 3.05) is 4.90 Å². The van der Waals surface area contributed by atoms with Crippen molar-refractivity contribution < 1.29 is 0 Å². The first-order valence-corrected chi connectivity index (χ1v) is 21.0. The lowest BCUT2D eigenvalue weighted by molar-refractivity contribution is 0.318. The fourth-order valence-corrected chi connectivity index (χ4v) is 11.6. The summed E-state index contributed by atoms with van der Waals surface area (Å²) >= 11 is 0. The molecule has 4 aliphatic carbocycles. The molecule has 282 valence electrons. The normalized spacial score (nSPS) is 18.7. The molecule has 1 heteroatoms. The smallest absolute Gasteiger partial charge is 0.0567 e. The third kappa shape index (κ3) is 4.59. The van der Waals surface area contributed by atoms with Crippen LogP contribution in [-0.4, -0.2) is 0 Å². The van der Waals surface area contributed by atoms with Crippen molar-refractivity contribution >= 4 is 16.9 Å². The molecule has 1 unspecified atom stereocenters. The second-order valence-corrected chi connectivity index (χ2v) is 18.7. The summed E-state index contributed by atoms with van der Waals surface area (Å²) in [6, 6.07) is 62.2. The van der Waals surface area contributed by atoms with Gasteiger partial charge in [-0.15, -0.1) is 0 Å². The van der Waals surface area contributed by atoms with E-state index in [0.29, 0.717) is 0 Å². The maximum absolute atomic E-state index is 2.62. The van der Waals surface area contributed by atoms with Crippen LogP contribution < -0.4 is 4.90 Å². The van der Waals surface area contributed by atoms with Gasteiger partial charge in [0.25, 0.3) is 0 Å². The summed E-state index contributed by atoms with van der Waals surface area (Å²) in [5.74, 6) is 0. The molecule has 11 rings (SSSR count). The molecule has 0 heterocycles. The molecule has 0 bridgehead atoms. The van der Waals surface area contributed by atoms with Crippen LogP contribution in [-0.2, 0) is 16.2 Å². The molecule has 0 aromatic heterocycles. The number of rotatable bonds is 4. The fraction of sp³-hybridized carbons (Fsp3) is 0.193. The lowest BCUT2D eigenvalue weighted by Gasteiger charge is -2.47. The molecule has 0 saturated heterocycles. The van der Waals surface area contributed by atoms with Crippen LogP contribution in [0.1, 0.15) is 86.9 Å². The van der Waals surface area contributed by atoms with Crippen LogP contribution in [0, 0.1) is 5.41 Å². The van der Waals surface area contributed by atoms with Gasteiger partial charge in [0.1, 0.15) is 0 Å². The predicted molar refractivity (Wildman–Crippen MR) is 244 cm³/mol. The molecule has 7 aromatic rings. The van der Waals surface area contributed by atoms with Gasteiger partial charge in [0.2, 0.25) is 0 Å². The second-order valence-electron chi connectivity index (χ2n) is 18.7. The largest absolute Gasteiger partial charge is 0.314 e. The number of hydrogen-bond acceptors (Lipinski definition) is 1. The van der Waals surface area contributed by atoms with Gasteiger partial charge in [-0.05, 0) is 115 Å². The number of anilines is 2. The van der Waals surface area contributed by atoms with Crippen molar-refractivity contribution in [3.8, 4) is 33.4 Å². The molecule has 0 fully saturated rings. The van der Waals surface area contributed by atoms with Gasteiger partial charge < -0.3 is 4.90 Å². The Morgan fingerprint density at radius 3 is 1.64 bits per heavy atom. The van der Waals surface area contributed by atoms with E-state index in [1.54, 1.807) is 0 Å². The first-order valence-electron chi connectivity index (χ1n) is 21.0. The summed E-state index contributed by atoms with van der Waals surface area (Å²) < 4.78 is 0. The summed E-state index contributed by atoms with van der Waals surface area (Å²) in [6.07, 6.45) is 5.77. The molecule has 0 aliphatic heterocycles. The van der Waals surface area contributed by atoms with E-state index in [-0.39, 0.29) is 21.7 Å². The average Bonchev–Trinajstić information content (AvgIpc) is 3.77. The van der Waals surface area contributed by atoms with Crippen molar-refractivity contribution in [1.29, 1.82) is 0 Å². The maximum Gasteiger partial charge on any atom is 0.0567 e. The number of hydrogen-bond donors (Lipinski definition) is 0. The molecule has 1 atom stereocenters. The van der Waals surface area contributed by atoms with Crippen LogP contribution >= 0.6 is 0 Å². The van der Waals surface area contributed by atoms with E-state index < -0.39 is 0 Å². The fourth-order valence-electron chi connectivity index (χ4n) is 11.6. The maximum atomic E-state index is 2.62. The minimum atomic E-state index is -0.353. The van der Waals surface area contributed by atoms with Crippen molar-refractivity contribution in [3.05, 3.63) is 221 Å². The summed E-state index contributed by atoms with van der Waals surface area (Å²) in [5.41, 5.74) is 22.0. The van der Waals surface area contributed by atoms with Gasteiger partial charge in [0, 0.05) is 27.8 Å². The Kier molecular flexibility index (Phi) is 7.35. The molecule has 58 heavy (non-hydrogen) atoms. The molecule has 1 nitrogen and oxygen atoms in total. The second kappa shape index (κ2) is 12.2. The van der Waals surface area contributed by atoms with Gasteiger partial charge in [-0.1, -0.05) is 187 Å². The number of fused-ring (bicyclic) bond motifs is 13. The lowest BCUT2D eigenvalue weighted by Crippen LogP contribution is -2.43. The van der Waals surface area contributed by atoms with E-state index in [4.69, 9.17) is 0 Å². The Balaban J connectivity index is 1.18. The van der Waals surface area contributed by atoms with Crippen LogP contribution in [0.4, 0.5) is 11.4 Å². The highest BCUT2D eigenvalue weighted by molar-refractivity contribution is 5.96. The summed E-state index contributed by atoms with van der Waals surface area (Å²) in [5, 5.41) is 0. The highest BCUT2D eigenvalue weighted by Gasteiger charge is 2.63. The third-order valence-corrected chi connectivity index (χ3v) is 14.3. The molecule has 7 aromatic carbocycles. The first-order chi connectivity index (χ1) is 28.0. The zero-order valence-corrected chi connectivity index (χ0v) is 34.4. The average molecular weight is 748 g/mol. The van der Waals surface area contributed by atoms with Gasteiger partial charge in [0.05, 0.1) is 11.1 Å². The Morgan fingerprint density at radius 1 is 0.466 bits per heavy atom. The van der Waals surface area contributed by atoms with E-state index in [2.05, 4.69) is 222 Å². The van der Waals surface area contributed by atoms with Gasteiger partial charge in [-0.2, -0.15) is 0 Å². The van der Waals surface area contributed by atoms with Gasteiger partial charge >= 0.3 is 0 Å². The molecule has 0 N–H and O–H groups in total. The van der Waals surface area contributed by atoms with Crippen LogP contribution in [0.15, 0.2) is 182 Å². The van der Waals surface area contributed by atoms with Crippen LogP contribution in [0.3, 0.4) is 0 Å². The molecule has 0 saturated carbocycles. The Labute approximate surface area is 344 Å². The number of allylic oxidation sites excluding steroid dienone is 4. The molecular formula is C57H49N. The van der Waals surface area contributed by atoms with Crippen LogP contribution in [0.2, 0.25) is 0 Å². The van der Waals surface area contributed by atoms with Gasteiger partial charge in [0.15, 0.2) is 0 Å². The SMILES string of the molecule is CC(C)(C)c1ccc(N(C2=CC=C3c4ccccc4C4(c5ccccc5-c5ccccc54)C3(C)C2)c2ccc3c(c2)C(C)(C)c2ccccc2-3)c(-c2ccccc2)c1. The van der Waals surface area contributed by atoms with E-state index in [0.717, 1.165) is 6.42 Å². The van der Waals surface area contributed by atoms with Crippen molar-refractivity contribution in [3.63, 3.8) is 0 Å². The number of benzene rings is 7. The van der Waals surface area contributed by atoms with Crippen LogP contribution in [0.25, 0.3) is 39.0 Å². The highest BCUT2D eigenvalue weighted by atomic mass is 15.2.